The largest absolute Gasteiger partial charge is 0.398 e. The zero-order valence-electron chi connectivity index (χ0n) is 8.48. The van der Waals surface area contributed by atoms with Crippen LogP contribution in [0.1, 0.15) is 6.92 Å². The quantitative estimate of drug-likeness (QED) is 0.780. The lowest BCUT2D eigenvalue weighted by molar-refractivity contribution is 0.509. The van der Waals surface area contributed by atoms with Crippen LogP contribution in [0.15, 0.2) is 12.1 Å². The first-order valence-electron chi connectivity index (χ1n) is 4.64. The molecule has 84 valence electrons. The molecule has 0 aliphatic carbocycles. The molecule has 2 rings (SSSR count). The molecule has 1 heterocycles. The summed E-state index contributed by atoms with van der Waals surface area (Å²) < 4.78 is 27.4. The van der Waals surface area contributed by atoms with Gasteiger partial charge in [0.05, 0.1) is 0 Å². The molecule has 0 amide bonds. The number of hydrogen-bond acceptors (Lipinski definition) is 4. The zero-order valence-corrected chi connectivity index (χ0v) is 8.48. The third-order valence-electron chi connectivity index (χ3n) is 2.16. The van der Waals surface area contributed by atoms with Gasteiger partial charge in [-0.15, -0.1) is 5.10 Å². The molecule has 5 nitrogen and oxygen atoms in total. The molecule has 0 atom stereocenters. The molecule has 2 N–H and O–H groups in total. The fourth-order valence-electron chi connectivity index (χ4n) is 1.37. The Morgan fingerprint density at radius 3 is 2.69 bits per heavy atom. The first-order valence-corrected chi connectivity index (χ1v) is 4.64. The van der Waals surface area contributed by atoms with Crippen LogP contribution >= 0.6 is 0 Å². The van der Waals surface area contributed by atoms with Crippen LogP contribution in [0.25, 0.3) is 11.4 Å². The van der Waals surface area contributed by atoms with Crippen LogP contribution in [0.2, 0.25) is 0 Å². The minimum absolute atomic E-state index is 0.100. The van der Waals surface area contributed by atoms with Crippen molar-refractivity contribution in [2.45, 2.75) is 13.5 Å². The lowest BCUT2D eigenvalue weighted by atomic mass is 10.1. The second-order valence-corrected chi connectivity index (χ2v) is 3.17. The van der Waals surface area contributed by atoms with Gasteiger partial charge in [-0.1, -0.05) is 0 Å². The molecule has 1 aromatic carbocycles. The number of benzene rings is 1. The number of tetrazole rings is 1. The van der Waals surface area contributed by atoms with Gasteiger partial charge >= 0.3 is 0 Å². The van der Waals surface area contributed by atoms with Gasteiger partial charge in [-0.05, 0) is 23.4 Å². The highest BCUT2D eigenvalue weighted by molar-refractivity contribution is 5.71. The summed E-state index contributed by atoms with van der Waals surface area (Å²) in [6, 6.07) is 1.90. The number of hydrogen-bond donors (Lipinski definition) is 1. The van der Waals surface area contributed by atoms with Crippen LogP contribution in [0.3, 0.4) is 0 Å². The fourth-order valence-corrected chi connectivity index (χ4v) is 1.37. The lowest BCUT2D eigenvalue weighted by Crippen LogP contribution is -2.03. The average molecular weight is 225 g/mol. The highest BCUT2D eigenvalue weighted by Crippen LogP contribution is 2.25. The van der Waals surface area contributed by atoms with E-state index < -0.39 is 11.6 Å². The number of aryl methyl sites for hydroxylation is 1. The van der Waals surface area contributed by atoms with E-state index in [2.05, 4.69) is 15.5 Å². The number of nitrogens with two attached hydrogens (primary N) is 1. The van der Waals surface area contributed by atoms with Crippen molar-refractivity contribution in [1.29, 1.82) is 0 Å². The summed E-state index contributed by atoms with van der Waals surface area (Å²) in [6.45, 7) is 2.34. The molecule has 0 unspecified atom stereocenters. The maximum atomic E-state index is 13.1. The van der Waals surface area contributed by atoms with E-state index in [4.69, 9.17) is 5.73 Å². The van der Waals surface area contributed by atoms with Crippen LogP contribution in [0, 0.1) is 11.6 Å². The van der Waals surface area contributed by atoms with Crippen molar-refractivity contribution in [3.8, 4) is 11.4 Å². The first-order chi connectivity index (χ1) is 7.63. The molecule has 2 aromatic rings. The smallest absolute Gasteiger partial charge is 0.184 e. The number of nitrogens with zero attached hydrogens (tertiary/aromatic N) is 4. The van der Waals surface area contributed by atoms with Crippen LogP contribution < -0.4 is 5.73 Å². The molecule has 7 heteroatoms. The van der Waals surface area contributed by atoms with Crippen LogP contribution in [0.5, 0.6) is 0 Å². The molecule has 0 saturated carbocycles. The summed E-state index contributed by atoms with van der Waals surface area (Å²) in [5.74, 6) is -1.65. The Balaban J connectivity index is 2.60. The molecular formula is C9H9F2N5. The molecule has 0 saturated heterocycles. The van der Waals surface area contributed by atoms with Gasteiger partial charge in [0.2, 0.25) is 0 Å². The van der Waals surface area contributed by atoms with E-state index in [0.29, 0.717) is 12.4 Å². The van der Waals surface area contributed by atoms with E-state index in [1.54, 1.807) is 0 Å². The first kappa shape index (κ1) is 10.5. The topological polar surface area (TPSA) is 69.6 Å². The Hall–Kier alpha value is -2.05. The Morgan fingerprint density at radius 2 is 2.00 bits per heavy atom. The maximum Gasteiger partial charge on any atom is 0.184 e. The highest BCUT2D eigenvalue weighted by Gasteiger charge is 2.14. The number of rotatable bonds is 2. The fraction of sp³-hybridized carbons (Fsp3) is 0.222. The van der Waals surface area contributed by atoms with E-state index in [1.807, 2.05) is 6.92 Å². The third-order valence-corrected chi connectivity index (χ3v) is 2.16. The van der Waals surface area contributed by atoms with E-state index >= 15 is 0 Å². The molecule has 0 aliphatic rings. The molecule has 0 radical (unpaired) electrons. The van der Waals surface area contributed by atoms with Gasteiger partial charge in [0.15, 0.2) is 17.5 Å². The number of aromatic nitrogens is 4. The minimum atomic E-state index is -0.989. The molecule has 0 spiro atoms. The van der Waals surface area contributed by atoms with Gasteiger partial charge in [-0.25, -0.2) is 13.5 Å². The summed E-state index contributed by atoms with van der Waals surface area (Å²) >= 11 is 0. The average Bonchev–Trinajstić information content (AvgIpc) is 2.71. The summed E-state index contributed by atoms with van der Waals surface area (Å²) in [4.78, 5) is 0. The van der Waals surface area contributed by atoms with Crippen molar-refractivity contribution in [2.75, 3.05) is 5.73 Å². The van der Waals surface area contributed by atoms with E-state index in [-0.39, 0.29) is 11.3 Å². The van der Waals surface area contributed by atoms with Gasteiger partial charge in [0, 0.05) is 23.9 Å². The normalized spacial score (nSPS) is 10.7. The summed E-state index contributed by atoms with van der Waals surface area (Å²) in [5.41, 5.74) is 5.97. The molecule has 1 aromatic heterocycles. The monoisotopic (exact) mass is 225 g/mol. The van der Waals surface area contributed by atoms with E-state index in [0.717, 1.165) is 12.1 Å². The van der Waals surface area contributed by atoms with Crippen LogP contribution in [0.4, 0.5) is 14.5 Å². The molecule has 0 aliphatic heterocycles. The van der Waals surface area contributed by atoms with Gasteiger partial charge in [0.1, 0.15) is 0 Å². The van der Waals surface area contributed by atoms with Gasteiger partial charge in [0.25, 0.3) is 0 Å². The Labute approximate surface area is 89.9 Å². The SMILES string of the molecule is CCn1nnnc1-c1cc(F)c(F)cc1N. The molecule has 16 heavy (non-hydrogen) atoms. The number of nitrogen functional groups attached to an aromatic ring is 1. The number of anilines is 1. The van der Waals surface area contributed by atoms with Crippen LogP contribution in [-0.2, 0) is 6.54 Å². The van der Waals surface area contributed by atoms with Gasteiger partial charge in [-0.3, -0.25) is 0 Å². The van der Waals surface area contributed by atoms with Gasteiger partial charge < -0.3 is 5.73 Å². The van der Waals surface area contributed by atoms with Crippen LogP contribution in [-0.4, -0.2) is 20.2 Å². The van der Waals surface area contributed by atoms with Crippen molar-refractivity contribution in [2.24, 2.45) is 0 Å². The highest BCUT2D eigenvalue weighted by atomic mass is 19.2. The van der Waals surface area contributed by atoms with Crippen molar-refractivity contribution >= 4 is 5.69 Å². The third kappa shape index (κ3) is 1.60. The molecule has 0 bridgehead atoms. The number of halogens is 2. The zero-order chi connectivity index (χ0) is 11.7. The van der Waals surface area contributed by atoms with Gasteiger partial charge in [-0.2, -0.15) is 0 Å². The van der Waals surface area contributed by atoms with Crippen molar-refractivity contribution in [3.63, 3.8) is 0 Å². The minimum Gasteiger partial charge on any atom is -0.398 e. The molecule has 0 fully saturated rings. The van der Waals surface area contributed by atoms with E-state index in [1.165, 1.54) is 4.68 Å². The lowest BCUT2D eigenvalue weighted by Gasteiger charge is -2.05. The summed E-state index contributed by atoms with van der Waals surface area (Å²) in [7, 11) is 0. The predicted octanol–water partition coefficient (Wildman–Crippen LogP) is 1.22. The second-order valence-electron chi connectivity index (χ2n) is 3.17. The molecular weight excluding hydrogens is 216 g/mol. The summed E-state index contributed by atoms with van der Waals surface area (Å²) in [6.07, 6.45) is 0. The second kappa shape index (κ2) is 3.84. The Bertz CT molecular complexity index is 523. The summed E-state index contributed by atoms with van der Waals surface area (Å²) in [5, 5.41) is 10.9. The van der Waals surface area contributed by atoms with Crippen molar-refractivity contribution in [3.05, 3.63) is 23.8 Å². The van der Waals surface area contributed by atoms with E-state index in [9.17, 15) is 8.78 Å². The van der Waals surface area contributed by atoms with Crippen molar-refractivity contribution < 1.29 is 8.78 Å². The maximum absolute atomic E-state index is 13.1. The Kier molecular flexibility index (Phi) is 2.51. The predicted molar refractivity (Wildman–Crippen MR) is 53.3 cm³/mol. The van der Waals surface area contributed by atoms with Crippen molar-refractivity contribution in [1.82, 2.24) is 20.2 Å². The Morgan fingerprint density at radius 1 is 1.31 bits per heavy atom. The standard InChI is InChI=1S/C9H9F2N5/c1-2-16-9(13-14-15-16)5-3-6(10)7(11)4-8(5)12/h3-4H,2,12H2,1H3.